The van der Waals surface area contributed by atoms with Crippen molar-refractivity contribution in [1.29, 1.82) is 0 Å². The Morgan fingerprint density at radius 1 is 0.870 bits per heavy atom. The van der Waals surface area contributed by atoms with Crippen LogP contribution in [0.2, 0.25) is 0 Å². The summed E-state index contributed by atoms with van der Waals surface area (Å²) in [6.45, 7) is 7.08. The summed E-state index contributed by atoms with van der Waals surface area (Å²) in [5.74, 6) is 3.87. The van der Waals surface area contributed by atoms with Crippen LogP contribution in [0.1, 0.15) is 78.6 Å². The molecule has 0 aromatic rings. The molecule has 0 heterocycles. The third-order valence-corrected chi connectivity index (χ3v) is 9.29. The Hall–Kier alpha value is -0.0800. The van der Waals surface area contributed by atoms with Gasteiger partial charge >= 0.3 is 0 Å². The highest BCUT2D eigenvalue weighted by Gasteiger charge is 2.60. The fourth-order valence-corrected chi connectivity index (χ4v) is 8.07. The third kappa shape index (κ3) is 2.27. The molecule has 0 amide bonds. The van der Waals surface area contributed by atoms with Gasteiger partial charge in [-0.2, -0.15) is 0 Å². The normalized spacial score (nSPS) is 57.3. The van der Waals surface area contributed by atoms with Crippen LogP contribution in [0.4, 0.5) is 0 Å². The summed E-state index contributed by atoms with van der Waals surface area (Å²) in [5, 5.41) is 20.4. The van der Waals surface area contributed by atoms with Crippen LogP contribution < -0.4 is 0 Å². The molecule has 23 heavy (non-hydrogen) atoms. The first-order chi connectivity index (χ1) is 10.9. The molecule has 4 saturated carbocycles. The second-order valence-corrected chi connectivity index (χ2v) is 10.1. The molecule has 2 heteroatoms. The highest BCUT2D eigenvalue weighted by Crippen LogP contribution is 2.67. The Labute approximate surface area is 142 Å². The molecule has 0 bridgehead atoms. The minimum atomic E-state index is -0.140. The molecule has 4 fully saturated rings. The van der Waals surface area contributed by atoms with E-state index in [-0.39, 0.29) is 12.2 Å². The van der Waals surface area contributed by atoms with Crippen LogP contribution in [0, 0.1) is 40.4 Å². The molecule has 0 saturated heterocycles. The molecule has 0 radical (unpaired) electrons. The zero-order valence-corrected chi connectivity index (χ0v) is 15.3. The van der Waals surface area contributed by atoms with Gasteiger partial charge in [-0.25, -0.2) is 0 Å². The van der Waals surface area contributed by atoms with Gasteiger partial charge in [-0.15, -0.1) is 0 Å². The van der Waals surface area contributed by atoms with Crippen molar-refractivity contribution in [2.45, 2.75) is 90.8 Å². The number of aliphatic hydroxyl groups excluding tert-OH is 2. The second-order valence-electron chi connectivity index (χ2n) is 10.1. The van der Waals surface area contributed by atoms with E-state index in [0.717, 1.165) is 36.5 Å². The molecular weight excluding hydrogens is 284 g/mol. The maximum atomic E-state index is 10.3. The van der Waals surface area contributed by atoms with Crippen molar-refractivity contribution in [3.05, 3.63) is 0 Å². The standard InChI is InChI=1S/C21H36O2/c1-13(22)17-6-7-18-16-5-4-14-12-15(23)8-10-20(14,2)19(16)9-11-21(17,18)3/h13-19,22-23H,4-12H2,1-3H3/t13?,14?,15-,16?,17+,18?,19?,20-,21+/m0/s1. The first-order valence-electron chi connectivity index (χ1n) is 10.2. The lowest BCUT2D eigenvalue weighted by Gasteiger charge is -2.61. The average Bonchev–Trinajstić information content (AvgIpc) is 2.85. The molecule has 9 atom stereocenters. The van der Waals surface area contributed by atoms with Crippen LogP contribution in [0.15, 0.2) is 0 Å². The Balaban J connectivity index is 1.60. The molecular formula is C21H36O2. The van der Waals surface area contributed by atoms with Crippen LogP contribution in [0.3, 0.4) is 0 Å². The summed E-state index contributed by atoms with van der Waals surface area (Å²) < 4.78 is 0. The minimum Gasteiger partial charge on any atom is -0.393 e. The largest absolute Gasteiger partial charge is 0.393 e. The van der Waals surface area contributed by atoms with Gasteiger partial charge in [0.2, 0.25) is 0 Å². The Bertz CT molecular complexity index is 461. The van der Waals surface area contributed by atoms with Gasteiger partial charge in [0, 0.05) is 0 Å². The summed E-state index contributed by atoms with van der Waals surface area (Å²) in [4.78, 5) is 0. The van der Waals surface area contributed by atoms with Crippen molar-refractivity contribution in [2.75, 3.05) is 0 Å². The molecule has 132 valence electrons. The molecule has 4 aliphatic carbocycles. The zero-order chi connectivity index (χ0) is 16.4. The van der Waals surface area contributed by atoms with Crippen LogP contribution in [-0.4, -0.2) is 22.4 Å². The van der Waals surface area contributed by atoms with Crippen molar-refractivity contribution < 1.29 is 10.2 Å². The molecule has 0 aromatic heterocycles. The second kappa shape index (κ2) is 5.46. The van der Waals surface area contributed by atoms with E-state index < -0.39 is 0 Å². The molecule has 0 aromatic carbocycles. The van der Waals surface area contributed by atoms with Crippen LogP contribution >= 0.6 is 0 Å². The predicted molar refractivity (Wildman–Crippen MR) is 92.9 cm³/mol. The quantitative estimate of drug-likeness (QED) is 0.752. The van der Waals surface area contributed by atoms with Gasteiger partial charge < -0.3 is 10.2 Å². The van der Waals surface area contributed by atoms with E-state index in [0.29, 0.717) is 16.7 Å². The number of hydrogen-bond acceptors (Lipinski definition) is 2. The lowest BCUT2D eigenvalue weighted by molar-refractivity contribution is -0.132. The van der Waals surface area contributed by atoms with Crippen LogP contribution in [0.5, 0.6) is 0 Å². The number of fused-ring (bicyclic) bond motifs is 5. The lowest BCUT2D eigenvalue weighted by Crippen LogP contribution is -2.54. The molecule has 0 spiro atoms. The van der Waals surface area contributed by atoms with Crippen molar-refractivity contribution in [2.24, 2.45) is 40.4 Å². The number of aliphatic hydroxyl groups is 2. The van der Waals surface area contributed by atoms with Gasteiger partial charge in [0.15, 0.2) is 0 Å². The van der Waals surface area contributed by atoms with Gasteiger partial charge in [0.1, 0.15) is 0 Å². The third-order valence-electron chi connectivity index (χ3n) is 9.29. The summed E-state index contributed by atoms with van der Waals surface area (Å²) in [5.41, 5.74) is 0.860. The first-order valence-corrected chi connectivity index (χ1v) is 10.2. The van der Waals surface area contributed by atoms with Gasteiger partial charge in [0.05, 0.1) is 12.2 Å². The number of hydrogen-bond donors (Lipinski definition) is 2. The summed E-state index contributed by atoms with van der Waals surface area (Å²) in [6.07, 6.45) is 11.1. The van der Waals surface area contributed by atoms with Crippen molar-refractivity contribution in [3.63, 3.8) is 0 Å². The van der Waals surface area contributed by atoms with E-state index in [1.54, 1.807) is 0 Å². The monoisotopic (exact) mass is 320 g/mol. The Morgan fingerprint density at radius 2 is 1.57 bits per heavy atom. The fraction of sp³-hybridized carbons (Fsp3) is 1.00. The van der Waals surface area contributed by atoms with E-state index in [1.807, 2.05) is 6.92 Å². The molecule has 4 aliphatic rings. The van der Waals surface area contributed by atoms with Crippen molar-refractivity contribution in [1.82, 2.24) is 0 Å². The zero-order valence-electron chi connectivity index (χ0n) is 15.3. The SMILES string of the molecule is CC(O)[C@H]1CCC2C3CCC4C[C@@H](O)CC[C@]4(C)C3CC[C@@]21C. The topological polar surface area (TPSA) is 40.5 Å². The lowest BCUT2D eigenvalue weighted by atomic mass is 9.44. The number of rotatable bonds is 1. The highest BCUT2D eigenvalue weighted by atomic mass is 16.3. The maximum Gasteiger partial charge on any atom is 0.0545 e. The Kier molecular flexibility index (Phi) is 3.89. The summed E-state index contributed by atoms with van der Waals surface area (Å²) >= 11 is 0. The van der Waals surface area contributed by atoms with E-state index in [1.165, 1.54) is 44.9 Å². The molecule has 2 N–H and O–H groups in total. The smallest absolute Gasteiger partial charge is 0.0545 e. The van der Waals surface area contributed by atoms with Gasteiger partial charge in [-0.3, -0.25) is 0 Å². The average molecular weight is 321 g/mol. The van der Waals surface area contributed by atoms with Crippen LogP contribution in [-0.2, 0) is 0 Å². The first kappa shape index (κ1) is 16.4. The summed E-state index contributed by atoms with van der Waals surface area (Å²) in [7, 11) is 0. The van der Waals surface area contributed by atoms with E-state index in [2.05, 4.69) is 13.8 Å². The molecule has 5 unspecified atom stereocenters. The maximum absolute atomic E-state index is 10.3. The van der Waals surface area contributed by atoms with Crippen molar-refractivity contribution in [3.8, 4) is 0 Å². The summed E-state index contributed by atoms with van der Waals surface area (Å²) in [6, 6.07) is 0. The van der Waals surface area contributed by atoms with Gasteiger partial charge in [-0.05, 0) is 105 Å². The molecule has 0 aliphatic heterocycles. The molecule has 2 nitrogen and oxygen atoms in total. The van der Waals surface area contributed by atoms with E-state index >= 15 is 0 Å². The van der Waals surface area contributed by atoms with E-state index in [4.69, 9.17) is 0 Å². The van der Waals surface area contributed by atoms with E-state index in [9.17, 15) is 10.2 Å². The predicted octanol–water partition coefficient (Wildman–Crippen LogP) is 4.39. The van der Waals surface area contributed by atoms with Gasteiger partial charge in [0.25, 0.3) is 0 Å². The van der Waals surface area contributed by atoms with Crippen LogP contribution in [0.25, 0.3) is 0 Å². The minimum absolute atomic E-state index is 0.0374. The van der Waals surface area contributed by atoms with Crippen molar-refractivity contribution >= 4 is 0 Å². The molecule has 4 rings (SSSR count). The fourth-order valence-electron chi connectivity index (χ4n) is 8.07. The highest BCUT2D eigenvalue weighted by molar-refractivity contribution is 5.09. The Morgan fingerprint density at radius 3 is 2.30 bits per heavy atom. The van der Waals surface area contributed by atoms with Gasteiger partial charge in [-0.1, -0.05) is 13.8 Å².